The van der Waals surface area contributed by atoms with Gasteiger partial charge in [-0.25, -0.2) is 26.3 Å². The number of nitrogens with one attached hydrogen (secondary N) is 3. The Morgan fingerprint density at radius 1 is 0.696 bits per heavy atom. The van der Waals surface area contributed by atoms with Crippen LogP contribution in [0.5, 0.6) is 0 Å². The van der Waals surface area contributed by atoms with Crippen LogP contribution in [-0.4, -0.2) is 62.4 Å². The predicted molar refractivity (Wildman–Crippen MR) is 280 cm³/mol. The van der Waals surface area contributed by atoms with Crippen LogP contribution in [0.3, 0.4) is 0 Å². The second kappa shape index (κ2) is 18.4. The smallest absolute Gasteiger partial charge is 0.240 e. The van der Waals surface area contributed by atoms with E-state index in [0.717, 1.165) is 77.8 Å². The summed E-state index contributed by atoms with van der Waals surface area (Å²) in [7, 11) is -4.80. The normalized spacial score (nSPS) is 16.4. The van der Waals surface area contributed by atoms with Crippen molar-refractivity contribution in [3.63, 3.8) is 0 Å². The van der Waals surface area contributed by atoms with Gasteiger partial charge in [0.15, 0.2) is 11.9 Å². The molecule has 4 aromatic carbocycles. The molecule has 16 heteroatoms. The number of carbonyl (C=O) groups is 2. The Hall–Kier alpha value is -6.01. The molecule has 0 atom stereocenters. The lowest BCUT2D eigenvalue weighted by Gasteiger charge is -2.29. The molecule has 12 nitrogen and oxygen atoms in total. The number of allylic oxidation sites excluding steroid dienone is 4. The highest BCUT2D eigenvalue weighted by molar-refractivity contribution is 8.76. The van der Waals surface area contributed by atoms with Crippen molar-refractivity contribution in [1.82, 2.24) is 18.6 Å². The minimum absolute atomic E-state index is 0.0665. The van der Waals surface area contributed by atoms with Crippen LogP contribution in [0.2, 0.25) is 0 Å². The lowest BCUT2D eigenvalue weighted by atomic mass is 9.76. The zero-order valence-corrected chi connectivity index (χ0v) is 42.4. The van der Waals surface area contributed by atoms with E-state index in [1.165, 1.54) is 28.5 Å². The van der Waals surface area contributed by atoms with Gasteiger partial charge < -0.3 is 5.32 Å². The zero-order valence-electron chi connectivity index (χ0n) is 39.2. The van der Waals surface area contributed by atoms with E-state index >= 15 is 0 Å². The molecule has 0 bridgehead atoms. The number of fused-ring (bicyclic) bond motifs is 6. The molecule has 2 aliphatic rings. The standard InChI is InChI=1S/C53H53N6O6S4/c1-34-28-37(43-32-58(35(2)60)48-14-10-8-12-41(43)48)20-22-54-47-18-16-39(30-45(47)52(34,4)5)68(62,63)55-23-26-66-67-27-24-56-69(64,65)40-17-19-50-46(31-40)53(6,7)51-29-38(21-25-57(50)51)44-33-59(36(3)61)49-15-11-9-13-42(44)49/h8-22,25,28-33,54-56H,1,23-24,26-27H2,2-7H3/q+1/b22-20-,37-28+. The molecule has 0 saturated carbocycles. The Morgan fingerprint density at radius 3 is 1.86 bits per heavy atom. The molecule has 0 spiro atoms. The fraction of sp³-hybridized carbons (Fsp3) is 0.226. The topological polar surface area (TPSA) is 152 Å². The van der Waals surface area contributed by atoms with Gasteiger partial charge in [-0.15, -0.1) is 0 Å². The zero-order chi connectivity index (χ0) is 49.0. The molecule has 2 aliphatic heterocycles. The van der Waals surface area contributed by atoms with E-state index in [0.29, 0.717) is 11.5 Å². The number of carbonyl (C=O) groups excluding carboxylic acids is 2. The Morgan fingerprint density at radius 2 is 1.25 bits per heavy atom. The third-order valence-corrected chi connectivity index (χ3v) is 18.5. The maximum atomic E-state index is 13.6. The number of sulfonamides is 2. The van der Waals surface area contributed by atoms with Gasteiger partial charge in [-0.3, -0.25) is 18.7 Å². The minimum atomic E-state index is -3.88. The van der Waals surface area contributed by atoms with Crippen molar-refractivity contribution in [3.8, 4) is 16.8 Å². The van der Waals surface area contributed by atoms with Crippen LogP contribution in [0.25, 0.3) is 44.2 Å². The van der Waals surface area contributed by atoms with Crippen LogP contribution < -0.4 is 19.3 Å². The van der Waals surface area contributed by atoms with Gasteiger partial charge in [0, 0.05) is 114 Å². The molecule has 0 radical (unpaired) electrons. The first-order valence-electron chi connectivity index (χ1n) is 22.5. The molecule has 3 N–H and O–H groups in total. The molecule has 5 heterocycles. The maximum absolute atomic E-state index is 13.6. The van der Waals surface area contributed by atoms with Crippen LogP contribution >= 0.6 is 21.6 Å². The molecular weight excluding hydrogens is 945 g/mol. The van der Waals surface area contributed by atoms with Crippen molar-refractivity contribution in [1.29, 1.82) is 0 Å². The minimum Gasteiger partial charge on any atom is -0.361 e. The number of hydrogen-bond acceptors (Lipinski definition) is 9. The molecule has 0 aliphatic carbocycles. The van der Waals surface area contributed by atoms with Crippen molar-refractivity contribution < 1.29 is 31.0 Å². The summed E-state index contributed by atoms with van der Waals surface area (Å²) < 4.78 is 65.3. The molecule has 9 rings (SSSR count). The molecule has 69 heavy (non-hydrogen) atoms. The lowest BCUT2D eigenvalue weighted by molar-refractivity contribution is -0.599. The number of rotatable bonds is 13. The van der Waals surface area contributed by atoms with Gasteiger partial charge in [0.25, 0.3) is 0 Å². The van der Waals surface area contributed by atoms with Crippen LogP contribution in [-0.2, 0) is 30.9 Å². The second-order valence-corrected chi connectivity index (χ2v) is 24.5. The van der Waals surface area contributed by atoms with E-state index in [4.69, 9.17) is 0 Å². The first-order valence-corrected chi connectivity index (χ1v) is 27.9. The molecular formula is C53H53N6O6S4+. The average Bonchev–Trinajstić information content (AvgIpc) is 3.98. The van der Waals surface area contributed by atoms with Crippen molar-refractivity contribution in [3.05, 3.63) is 169 Å². The van der Waals surface area contributed by atoms with Crippen molar-refractivity contribution in [2.45, 2.75) is 62.2 Å². The van der Waals surface area contributed by atoms with E-state index in [1.54, 1.807) is 46.4 Å². The SMILES string of the molecule is C=C1/C=C(c2cn(C(C)=O)c3ccccc23)\C=C/Nc2ccc(S(=O)(=O)NCCSSCCNS(=O)(=O)c3ccc4c(c3)C(C)(C)c3cc(-c5cn(C(C)=O)c6ccccc56)cc[n+]3-4)cc2C1(C)C. The fourth-order valence-electron chi connectivity index (χ4n) is 9.26. The number of hydrogen-bond donors (Lipinski definition) is 3. The second-order valence-electron chi connectivity index (χ2n) is 18.2. The van der Waals surface area contributed by atoms with E-state index in [2.05, 4.69) is 45.8 Å². The van der Waals surface area contributed by atoms with E-state index in [9.17, 15) is 26.4 Å². The summed E-state index contributed by atoms with van der Waals surface area (Å²) in [6, 6.07) is 30.0. The highest BCUT2D eigenvalue weighted by Crippen LogP contribution is 2.43. The Kier molecular flexibility index (Phi) is 12.8. The van der Waals surface area contributed by atoms with Gasteiger partial charge in [-0.1, -0.05) is 84.5 Å². The molecule has 7 aromatic rings. The maximum Gasteiger partial charge on any atom is 0.240 e. The summed E-state index contributed by atoms with van der Waals surface area (Å²) in [4.78, 5) is 25.3. The van der Waals surface area contributed by atoms with Gasteiger partial charge in [-0.05, 0) is 84.7 Å². The third kappa shape index (κ3) is 8.94. The number of para-hydroxylation sites is 2. The molecule has 3 aromatic heterocycles. The molecule has 0 saturated heterocycles. The summed E-state index contributed by atoms with van der Waals surface area (Å²) in [5.74, 6) is 0.771. The Bertz CT molecular complexity index is 3570. The quantitative estimate of drug-likeness (QED) is 0.0583. The number of aromatic nitrogens is 3. The molecule has 354 valence electrons. The van der Waals surface area contributed by atoms with Crippen LogP contribution in [0.1, 0.15) is 73.5 Å². The summed E-state index contributed by atoms with van der Waals surface area (Å²) >= 11 is 0. The van der Waals surface area contributed by atoms with Crippen molar-refractivity contribution in [2.24, 2.45) is 0 Å². The number of anilines is 1. The number of pyridine rings is 1. The summed E-state index contributed by atoms with van der Waals surface area (Å²) in [6.45, 7) is 16.1. The largest absolute Gasteiger partial charge is 0.361 e. The summed E-state index contributed by atoms with van der Waals surface area (Å²) in [6.07, 6.45) is 11.5. The van der Waals surface area contributed by atoms with Gasteiger partial charge in [0.05, 0.1) is 26.2 Å². The third-order valence-electron chi connectivity index (χ3n) is 13.2. The van der Waals surface area contributed by atoms with Gasteiger partial charge >= 0.3 is 0 Å². The van der Waals surface area contributed by atoms with Gasteiger partial charge in [0.2, 0.25) is 37.5 Å². The monoisotopic (exact) mass is 997 g/mol. The lowest BCUT2D eigenvalue weighted by Crippen LogP contribution is -2.34. The van der Waals surface area contributed by atoms with Crippen molar-refractivity contribution in [2.75, 3.05) is 29.9 Å². The van der Waals surface area contributed by atoms with Crippen LogP contribution in [0.4, 0.5) is 5.69 Å². The molecule has 0 fully saturated rings. The van der Waals surface area contributed by atoms with Crippen LogP contribution in [0, 0.1) is 0 Å². The molecule has 0 amide bonds. The van der Waals surface area contributed by atoms with Gasteiger partial charge in [0.1, 0.15) is 0 Å². The fourth-order valence-corrected chi connectivity index (χ4v) is 13.4. The Labute approximate surface area is 411 Å². The summed E-state index contributed by atoms with van der Waals surface area (Å²) in [5, 5.41) is 5.26. The van der Waals surface area contributed by atoms with E-state index in [-0.39, 0.29) is 34.7 Å². The highest BCUT2D eigenvalue weighted by Gasteiger charge is 2.44. The summed E-state index contributed by atoms with van der Waals surface area (Å²) in [5.41, 5.74) is 9.15. The first kappa shape index (κ1) is 48.0. The van der Waals surface area contributed by atoms with Gasteiger partial charge in [-0.2, -0.15) is 4.57 Å². The first-order chi connectivity index (χ1) is 32.8. The van der Waals surface area contributed by atoms with Crippen LogP contribution in [0.15, 0.2) is 156 Å². The van der Waals surface area contributed by atoms with E-state index in [1.807, 2.05) is 111 Å². The predicted octanol–water partition coefficient (Wildman–Crippen LogP) is 9.99. The molecule has 0 unspecified atom stereocenters. The highest BCUT2D eigenvalue weighted by atomic mass is 33.1. The Balaban J connectivity index is 0.792. The van der Waals surface area contributed by atoms with Crippen molar-refractivity contribution >= 4 is 86.5 Å². The van der Waals surface area contributed by atoms with E-state index < -0.39 is 30.9 Å². The number of nitrogens with zero attached hydrogens (tertiary/aromatic N) is 3. The average molecular weight is 998 g/mol. The number of benzene rings is 4.